The van der Waals surface area contributed by atoms with Gasteiger partial charge >= 0.3 is 6.09 Å². The number of amides is 1. The fourth-order valence-corrected chi connectivity index (χ4v) is 1.72. The zero-order chi connectivity index (χ0) is 16.3. The number of aromatic nitrogens is 5. The van der Waals surface area contributed by atoms with Gasteiger partial charge in [-0.2, -0.15) is 9.67 Å². The lowest BCUT2D eigenvalue weighted by atomic mass is 10.2. The van der Waals surface area contributed by atoms with Crippen LogP contribution >= 0.6 is 0 Å². The van der Waals surface area contributed by atoms with Crippen LogP contribution in [0.1, 0.15) is 39.6 Å². The predicted octanol–water partition coefficient (Wildman–Crippen LogP) is 1.23. The Morgan fingerprint density at radius 3 is 2.59 bits per heavy atom. The van der Waals surface area contributed by atoms with Crippen LogP contribution in [0.4, 0.5) is 10.7 Å². The van der Waals surface area contributed by atoms with Crippen molar-refractivity contribution >= 4 is 12.0 Å². The molecular formula is C13H19N7O2. The van der Waals surface area contributed by atoms with E-state index in [4.69, 9.17) is 10.5 Å². The van der Waals surface area contributed by atoms with Gasteiger partial charge in [-0.05, 0) is 33.8 Å². The van der Waals surface area contributed by atoms with Crippen LogP contribution in [-0.4, -0.2) is 36.4 Å². The van der Waals surface area contributed by atoms with Crippen LogP contribution in [0.15, 0.2) is 18.5 Å². The lowest BCUT2D eigenvalue weighted by Gasteiger charge is -2.21. The van der Waals surface area contributed by atoms with Gasteiger partial charge in [0.05, 0.1) is 6.04 Å². The Kier molecular flexibility index (Phi) is 4.25. The van der Waals surface area contributed by atoms with Crippen molar-refractivity contribution in [3.8, 4) is 5.95 Å². The Morgan fingerprint density at radius 1 is 1.36 bits per heavy atom. The van der Waals surface area contributed by atoms with Gasteiger partial charge in [0.15, 0.2) is 5.82 Å². The van der Waals surface area contributed by atoms with Crippen LogP contribution in [0.2, 0.25) is 0 Å². The fourth-order valence-electron chi connectivity index (χ4n) is 1.72. The van der Waals surface area contributed by atoms with Gasteiger partial charge in [-0.25, -0.2) is 14.8 Å². The number of hydrogen-bond acceptors (Lipinski definition) is 7. The first kappa shape index (κ1) is 15.7. The molecule has 2 aromatic heterocycles. The maximum Gasteiger partial charge on any atom is 0.408 e. The highest BCUT2D eigenvalue weighted by Gasteiger charge is 2.22. The van der Waals surface area contributed by atoms with E-state index in [1.165, 1.54) is 4.68 Å². The summed E-state index contributed by atoms with van der Waals surface area (Å²) in [4.78, 5) is 24.1. The molecule has 3 N–H and O–H groups in total. The number of nitrogens with zero attached hydrogens (tertiary/aromatic N) is 5. The Balaban J connectivity index is 2.20. The van der Waals surface area contributed by atoms with Crippen LogP contribution in [0, 0.1) is 0 Å². The van der Waals surface area contributed by atoms with Gasteiger partial charge < -0.3 is 15.8 Å². The molecule has 22 heavy (non-hydrogen) atoms. The third kappa shape index (κ3) is 3.90. The van der Waals surface area contributed by atoms with Crippen molar-refractivity contribution in [3.05, 3.63) is 24.3 Å². The molecule has 0 saturated heterocycles. The number of anilines is 1. The maximum absolute atomic E-state index is 11.8. The molecule has 2 heterocycles. The molecule has 2 rings (SSSR count). The van der Waals surface area contributed by atoms with Crippen molar-refractivity contribution in [2.45, 2.75) is 39.3 Å². The second-order valence-corrected chi connectivity index (χ2v) is 5.66. The molecule has 0 spiro atoms. The summed E-state index contributed by atoms with van der Waals surface area (Å²) in [7, 11) is 0. The van der Waals surface area contributed by atoms with Crippen molar-refractivity contribution in [2.24, 2.45) is 0 Å². The van der Waals surface area contributed by atoms with E-state index >= 15 is 0 Å². The number of nitrogens with one attached hydrogen (secondary N) is 1. The number of carbonyl (C=O) groups excluding carboxylic acids is 1. The van der Waals surface area contributed by atoms with Gasteiger partial charge in [0, 0.05) is 12.4 Å². The van der Waals surface area contributed by atoms with Crippen molar-refractivity contribution in [1.29, 1.82) is 0 Å². The Bertz CT molecular complexity index is 648. The van der Waals surface area contributed by atoms with E-state index in [-0.39, 0.29) is 5.95 Å². The Labute approximate surface area is 127 Å². The second-order valence-electron chi connectivity index (χ2n) is 5.66. The number of hydrogen-bond donors (Lipinski definition) is 2. The zero-order valence-electron chi connectivity index (χ0n) is 12.9. The molecule has 118 valence electrons. The van der Waals surface area contributed by atoms with E-state index in [1.807, 2.05) is 0 Å². The first-order chi connectivity index (χ1) is 10.3. The van der Waals surface area contributed by atoms with Gasteiger partial charge in [-0.1, -0.05) is 0 Å². The zero-order valence-corrected chi connectivity index (χ0v) is 12.9. The van der Waals surface area contributed by atoms with Crippen LogP contribution in [-0.2, 0) is 4.74 Å². The van der Waals surface area contributed by atoms with E-state index in [2.05, 4.69) is 25.4 Å². The monoisotopic (exact) mass is 305 g/mol. The third-order valence-electron chi connectivity index (χ3n) is 2.51. The van der Waals surface area contributed by atoms with E-state index in [0.29, 0.717) is 11.8 Å². The summed E-state index contributed by atoms with van der Waals surface area (Å²) >= 11 is 0. The quantitative estimate of drug-likeness (QED) is 0.874. The van der Waals surface area contributed by atoms with E-state index in [9.17, 15) is 4.79 Å². The van der Waals surface area contributed by atoms with Gasteiger partial charge in [-0.15, -0.1) is 5.10 Å². The lowest BCUT2D eigenvalue weighted by Crippen LogP contribution is -2.35. The summed E-state index contributed by atoms with van der Waals surface area (Å²) in [5, 5.41) is 6.73. The van der Waals surface area contributed by atoms with Crippen LogP contribution in [0.5, 0.6) is 0 Å². The number of ether oxygens (including phenoxy) is 1. The molecule has 2 aromatic rings. The Hall–Kier alpha value is -2.71. The van der Waals surface area contributed by atoms with Gasteiger partial charge in [0.25, 0.3) is 5.95 Å². The number of alkyl carbamates (subject to hydrolysis) is 1. The topological polar surface area (TPSA) is 121 Å². The molecule has 0 bridgehead atoms. The van der Waals surface area contributed by atoms with Gasteiger partial charge in [0.2, 0.25) is 5.95 Å². The van der Waals surface area contributed by atoms with E-state index in [0.717, 1.165) is 0 Å². The van der Waals surface area contributed by atoms with Gasteiger partial charge in [-0.3, -0.25) is 0 Å². The molecule has 9 heteroatoms. The van der Waals surface area contributed by atoms with Crippen LogP contribution in [0.3, 0.4) is 0 Å². The second kappa shape index (κ2) is 5.96. The summed E-state index contributed by atoms with van der Waals surface area (Å²) < 4.78 is 6.60. The minimum atomic E-state index is -0.584. The summed E-state index contributed by atoms with van der Waals surface area (Å²) in [6.45, 7) is 7.10. The average molecular weight is 305 g/mol. The number of carbonyl (C=O) groups is 1. The highest BCUT2D eigenvalue weighted by atomic mass is 16.6. The van der Waals surface area contributed by atoms with E-state index < -0.39 is 17.7 Å². The minimum Gasteiger partial charge on any atom is -0.444 e. The van der Waals surface area contributed by atoms with Crippen LogP contribution in [0.25, 0.3) is 5.95 Å². The molecule has 1 amide bonds. The molecule has 0 fully saturated rings. The number of nitrogen functional groups attached to an aromatic ring is 1. The number of nitrogens with two attached hydrogens (primary N) is 1. The largest absolute Gasteiger partial charge is 0.444 e. The smallest absolute Gasteiger partial charge is 0.408 e. The normalized spacial score (nSPS) is 12.7. The molecule has 0 aliphatic carbocycles. The van der Waals surface area contributed by atoms with Crippen LogP contribution < -0.4 is 11.1 Å². The lowest BCUT2D eigenvalue weighted by molar-refractivity contribution is 0.0505. The van der Waals surface area contributed by atoms with Crippen molar-refractivity contribution < 1.29 is 9.53 Å². The molecule has 0 aromatic carbocycles. The molecular weight excluding hydrogens is 286 g/mol. The summed E-state index contributed by atoms with van der Waals surface area (Å²) in [5.74, 6) is 0.800. The molecule has 1 atom stereocenters. The maximum atomic E-state index is 11.8. The standard InChI is InChI=1S/C13H19N7O2/c1-8(17-12(21)22-13(2,3)4)9-18-10(14)19-20(9)11-15-6-5-7-16-11/h5-8H,1-4H3,(H2,14,19)(H,17,21)/t8-/m0/s1. The molecule has 0 unspecified atom stereocenters. The SMILES string of the molecule is C[C@H](NC(=O)OC(C)(C)C)c1nc(N)nn1-c1ncccn1. The molecule has 0 aliphatic rings. The third-order valence-corrected chi connectivity index (χ3v) is 2.51. The molecule has 0 radical (unpaired) electrons. The summed E-state index contributed by atoms with van der Waals surface area (Å²) in [5.41, 5.74) is 5.06. The Morgan fingerprint density at radius 2 is 2.00 bits per heavy atom. The first-order valence-corrected chi connectivity index (χ1v) is 6.75. The van der Waals surface area contributed by atoms with Crippen molar-refractivity contribution in [1.82, 2.24) is 30.0 Å². The minimum absolute atomic E-state index is 0.0697. The van der Waals surface area contributed by atoms with Crippen molar-refractivity contribution in [3.63, 3.8) is 0 Å². The van der Waals surface area contributed by atoms with Gasteiger partial charge in [0.1, 0.15) is 5.60 Å². The highest BCUT2D eigenvalue weighted by molar-refractivity contribution is 5.68. The molecule has 0 aliphatic heterocycles. The summed E-state index contributed by atoms with van der Waals surface area (Å²) in [6.07, 6.45) is 2.61. The number of rotatable bonds is 3. The average Bonchev–Trinajstić information content (AvgIpc) is 2.79. The molecule has 9 nitrogen and oxygen atoms in total. The van der Waals surface area contributed by atoms with E-state index in [1.54, 1.807) is 46.2 Å². The highest BCUT2D eigenvalue weighted by Crippen LogP contribution is 2.15. The predicted molar refractivity (Wildman–Crippen MR) is 79.1 cm³/mol. The molecule has 0 saturated carbocycles. The fraction of sp³-hybridized carbons (Fsp3) is 0.462. The first-order valence-electron chi connectivity index (χ1n) is 6.75. The van der Waals surface area contributed by atoms with Crippen molar-refractivity contribution in [2.75, 3.05) is 5.73 Å². The summed E-state index contributed by atoms with van der Waals surface area (Å²) in [6, 6.07) is 1.20.